The molecule has 0 aliphatic heterocycles. The van der Waals surface area contributed by atoms with Gasteiger partial charge >= 0.3 is 59.1 Å². The van der Waals surface area contributed by atoms with E-state index in [4.69, 9.17) is 20.4 Å². The molecule has 1 unspecified atom stereocenters. The summed E-state index contributed by atoms with van der Waals surface area (Å²) >= 11 is 4.00. The first-order chi connectivity index (χ1) is 13.8. The van der Waals surface area contributed by atoms with Crippen LogP contribution in [0.15, 0.2) is 0 Å². The third-order valence-electron chi connectivity index (χ3n) is 1.85. The third-order valence-corrected chi connectivity index (χ3v) is 12.6. The second-order valence-corrected chi connectivity index (χ2v) is 17.2. The van der Waals surface area contributed by atoms with Crippen molar-refractivity contribution in [3.8, 4) is 0 Å². The first-order valence-electron chi connectivity index (χ1n) is 7.74. The molecule has 0 rings (SSSR count). The summed E-state index contributed by atoms with van der Waals surface area (Å²) < 4.78 is 58.9. The molecule has 0 fully saturated rings. The number of hydrogen-bond donors (Lipinski definition) is 5. The maximum Gasteiger partial charge on any atom is 1.00 e. The molecule has 0 radical (unpaired) electrons. The number of hydrogen-bond acceptors (Lipinski definition) is 17. The Morgan fingerprint density at radius 1 is 0.778 bits per heavy atom. The van der Waals surface area contributed by atoms with Crippen molar-refractivity contribution in [2.45, 2.75) is 61.9 Å². The van der Waals surface area contributed by atoms with Crippen LogP contribution in [0.2, 0.25) is 0 Å². The van der Waals surface area contributed by atoms with Crippen molar-refractivity contribution in [1.29, 1.82) is 0 Å². The van der Waals surface area contributed by atoms with Gasteiger partial charge < -0.3 is 29.5 Å². The normalized spacial score (nSPS) is 10.5. The van der Waals surface area contributed by atoms with Gasteiger partial charge in [-0.05, 0) is 33.8 Å². The van der Waals surface area contributed by atoms with Gasteiger partial charge in [0.05, 0.1) is 28.6 Å². The van der Waals surface area contributed by atoms with E-state index in [0.717, 1.165) is 10.8 Å². The van der Waals surface area contributed by atoms with Crippen LogP contribution in [0.5, 0.6) is 0 Å². The molecule has 0 saturated carbocycles. The van der Waals surface area contributed by atoms with E-state index < -0.39 is 35.8 Å². The van der Waals surface area contributed by atoms with Gasteiger partial charge in [-0.25, -0.2) is 16.8 Å². The minimum atomic E-state index is -4.50. The predicted octanol–water partition coefficient (Wildman–Crippen LogP) is -2.03. The monoisotopic (exact) mass is 716 g/mol. The van der Waals surface area contributed by atoms with Crippen molar-refractivity contribution in [2.24, 2.45) is 0 Å². The van der Waals surface area contributed by atoms with Gasteiger partial charge in [-0.15, -0.1) is 0 Å². The van der Waals surface area contributed by atoms with Crippen molar-refractivity contribution in [3.63, 3.8) is 0 Å². The average molecular weight is 717 g/mol. The number of unbranched alkanes of at least 4 members (excludes halogenated alkanes) is 1. The Bertz CT molecular complexity index is 540. The fourth-order valence-electron chi connectivity index (χ4n) is 0.672. The van der Waals surface area contributed by atoms with Crippen molar-refractivity contribution in [1.82, 2.24) is 0 Å². The minimum Gasteiger partial charge on any atom is -0.739 e. The first kappa shape index (κ1) is 63.4. The van der Waals surface area contributed by atoms with E-state index in [2.05, 4.69) is 19.6 Å². The van der Waals surface area contributed by atoms with Crippen molar-refractivity contribution < 1.29 is 105 Å². The second-order valence-electron chi connectivity index (χ2n) is 4.49. The van der Waals surface area contributed by atoms with Gasteiger partial charge in [-0.2, -0.15) is 12.6 Å². The zero-order valence-electron chi connectivity index (χ0n) is 17.8. The molecule has 218 valence electrons. The number of aliphatic hydroxyl groups excluding tert-OH is 3. The van der Waals surface area contributed by atoms with E-state index >= 15 is 0 Å². The Morgan fingerprint density at radius 3 is 1.42 bits per heavy atom. The topological polar surface area (TPSA) is 195 Å². The molecule has 1 atom stereocenters. The van der Waals surface area contributed by atoms with Gasteiger partial charge in [0.15, 0.2) is 6.29 Å². The number of thiol groups is 1. The summed E-state index contributed by atoms with van der Waals surface area (Å²) in [6, 6.07) is 0. The van der Waals surface area contributed by atoms with E-state index in [1.807, 2.05) is 0 Å². The minimum absolute atomic E-state index is 0. The number of rotatable bonds is 15. The van der Waals surface area contributed by atoms with Crippen LogP contribution in [0.25, 0.3) is 0 Å². The van der Waals surface area contributed by atoms with Crippen LogP contribution in [0, 0.1) is 0 Å². The summed E-state index contributed by atoms with van der Waals surface area (Å²) in [6.45, 7) is 1.96. The molecular formula is C15H42Na2O10S9. The molecule has 0 aliphatic carbocycles. The second kappa shape index (κ2) is 43.6. The van der Waals surface area contributed by atoms with Crippen molar-refractivity contribution in [2.75, 3.05) is 34.0 Å². The SMILES string of the molecule is C.C.C.C.CCCCS.O=S(=O)([O-])SCSS(=O)(=O)[O-].OCC(O)CSSCSSCC(O)O.[Na+].[Na+]. The summed E-state index contributed by atoms with van der Waals surface area (Å²) in [5.74, 6) is 1.85. The van der Waals surface area contributed by atoms with E-state index in [1.54, 1.807) is 10.8 Å². The molecule has 0 saturated heterocycles. The molecule has 4 N–H and O–H groups in total. The van der Waals surface area contributed by atoms with E-state index in [9.17, 15) is 25.9 Å². The summed E-state index contributed by atoms with van der Waals surface area (Å²) in [7, 11) is -3.29. The predicted molar refractivity (Wildman–Crippen MR) is 161 cm³/mol. The Balaban J connectivity index is -0.0000000432. The summed E-state index contributed by atoms with van der Waals surface area (Å²) in [4.78, 5) is 0. The van der Waals surface area contributed by atoms with Gasteiger partial charge in [0.2, 0.25) is 0 Å². The first-order valence-corrected chi connectivity index (χ1v) is 19.2. The Kier molecular flexibility index (Phi) is 76.7. The molecule has 36 heavy (non-hydrogen) atoms. The maximum atomic E-state index is 9.81. The summed E-state index contributed by atoms with van der Waals surface area (Å²) in [6.07, 6.45) is 0.623. The summed E-state index contributed by atoms with van der Waals surface area (Å²) in [5, 5.41) is 34.7. The molecule has 0 aromatic heterocycles. The quantitative estimate of drug-likeness (QED) is 0.0311. The zero-order valence-corrected chi connectivity index (χ0v) is 29.2. The fourth-order valence-corrected chi connectivity index (χ4v) is 11.0. The largest absolute Gasteiger partial charge is 1.00 e. The molecule has 21 heteroatoms. The van der Waals surface area contributed by atoms with Crippen LogP contribution in [0.4, 0.5) is 0 Å². The van der Waals surface area contributed by atoms with Crippen LogP contribution in [0.1, 0.15) is 49.5 Å². The molecule has 0 heterocycles. The average Bonchev–Trinajstić information content (AvgIpc) is 2.60. The molecule has 0 aromatic carbocycles. The van der Waals surface area contributed by atoms with Crippen LogP contribution in [-0.4, -0.2) is 92.8 Å². The Morgan fingerprint density at radius 2 is 1.17 bits per heavy atom. The third kappa shape index (κ3) is 77.0. The molecule has 10 nitrogen and oxygen atoms in total. The van der Waals surface area contributed by atoms with E-state index in [0.29, 0.717) is 11.5 Å². The zero-order chi connectivity index (χ0) is 24.1. The molecule has 0 aromatic rings. The molecule has 0 bridgehead atoms. The smallest absolute Gasteiger partial charge is 0.739 e. The molecule has 0 amide bonds. The van der Waals surface area contributed by atoms with Crippen molar-refractivity contribution >= 4 is 95.7 Å². The van der Waals surface area contributed by atoms with Crippen molar-refractivity contribution in [3.05, 3.63) is 0 Å². The Hall–Kier alpha value is 4.11. The number of aliphatic hydroxyl groups is 4. The van der Waals surface area contributed by atoms with Gasteiger partial charge in [-0.3, -0.25) is 0 Å². The van der Waals surface area contributed by atoms with E-state index in [1.165, 1.54) is 45.2 Å². The fraction of sp³-hybridized carbons (Fsp3) is 1.00. The van der Waals surface area contributed by atoms with E-state index in [-0.39, 0.29) is 117 Å². The van der Waals surface area contributed by atoms with Gasteiger partial charge in [0.1, 0.15) is 18.3 Å². The maximum absolute atomic E-state index is 9.81. The van der Waals surface area contributed by atoms with Gasteiger partial charge in [0, 0.05) is 5.75 Å². The standard InChI is InChI=1S/C6H14O4S4.C4H10S.CH4O6S4.4CH4.2Na/c7-1-5(8)2-11-13-4-14-12-3-6(9)10;1-2-3-4-5;2-10(3,4)8-1-9-11(5,6)7;;;;;;/h5-10H,1-4H2;5H,2-4H2,1H3;1H2,(H,2,3,4)(H,5,6,7);4*1H4;;/q;;;;;;;2*+1/p-2. The summed E-state index contributed by atoms with van der Waals surface area (Å²) in [5.41, 5.74) is 0. The van der Waals surface area contributed by atoms with Crippen LogP contribution in [0.3, 0.4) is 0 Å². The Labute approximate surface area is 293 Å². The molecule has 0 aliphatic rings. The molecular weight excluding hydrogens is 675 g/mol. The van der Waals surface area contributed by atoms with Crippen LogP contribution < -0.4 is 59.1 Å². The van der Waals surface area contributed by atoms with Gasteiger partial charge in [0.25, 0.3) is 0 Å². The van der Waals surface area contributed by atoms with Gasteiger partial charge in [-0.1, -0.05) is 86.2 Å². The van der Waals surface area contributed by atoms with Crippen LogP contribution >= 0.6 is 77.4 Å². The van der Waals surface area contributed by atoms with Crippen LogP contribution in [-0.2, 0) is 18.3 Å². The molecule has 0 spiro atoms.